The van der Waals surface area contributed by atoms with Gasteiger partial charge in [-0.05, 0) is 31.4 Å². The van der Waals surface area contributed by atoms with E-state index in [0.29, 0.717) is 11.8 Å². The first kappa shape index (κ1) is 19.2. The van der Waals surface area contributed by atoms with E-state index >= 15 is 0 Å². The topological polar surface area (TPSA) is 94.3 Å². The van der Waals surface area contributed by atoms with Crippen LogP contribution in [0.15, 0.2) is 38.9 Å². The van der Waals surface area contributed by atoms with Gasteiger partial charge in [-0.1, -0.05) is 23.9 Å². The van der Waals surface area contributed by atoms with Gasteiger partial charge in [0.05, 0.1) is 0 Å². The number of amides is 3. The summed E-state index contributed by atoms with van der Waals surface area (Å²) in [6.07, 6.45) is 2.62. The van der Waals surface area contributed by atoms with Crippen LogP contribution in [0.4, 0.5) is 4.79 Å². The van der Waals surface area contributed by atoms with Crippen molar-refractivity contribution in [2.24, 2.45) is 4.99 Å². The number of aliphatic imine (C=N–C) groups is 1. The van der Waals surface area contributed by atoms with Crippen LogP contribution in [0.1, 0.15) is 19.3 Å². The van der Waals surface area contributed by atoms with Crippen LogP contribution in [0, 0.1) is 0 Å². The van der Waals surface area contributed by atoms with Crippen molar-refractivity contribution in [2.45, 2.75) is 36.7 Å². The monoisotopic (exact) mass is 428 g/mol. The molecule has 1 aromatic carbocycles. The smallest absolute Gasteiger partial charge is 0.325 e. The number of oxazole rings is 1. The van der Waals surface area contributed by atoms with Crippen molar-refractivity contribution < 1.29 is 14.0 Å². The standard InChI is InChI=1S/C20H24N6O3S/c1-24-16-15(17(27)23-19(24)28)26(18(22-16)25-9-4-5-10-25)11-6-12-30-20-21-13-7-2-3-8-14(13)29-20/h2-3,7-8,15-16H,4-6,9-12H2,1H3,(H,23,27,28). The van der Waals surface area contributed by atoms with Gasteiger partial charge in [-0.3, -0.25) is 10.1 Å². The van der Waals surface area contributed by atoms with Crippen molar-refractivity contribution in [2.75, 3.05) is 32.4 Å². The molecule has 3 amide bonds. The van der Waals surface area contributed by atoms with Crippen LogP contribution in [0.25, 0.3) is 11.1 Å². The number of urea groups is 1. The first-order valence-electron chi connectivity index (χ1n) is 10.3. The van der Waals surface area contributed by atoms with Crippen LogP contribution in [0.5, 0.6) is 0 Å². The maximum Gasteiger partial charge on any atom is 0.325 e. The molecule has 1 N–H and O–H groups in total. The van der Waals surface area contributed by atoms with Gasteiger partial charge in [0, 0.05) is 32.4 Å². The zero-order valence-electron chi connectivity index (χ0n) is 16.8. The van der Waals surface area contributed by atoms with Crippen molar-refractivity contribution in [1.29, 1.82) is 0 Å². The molecule has 4 heterocycles. The Kier molecular flexibility index (Phi) is 5.01. The third-order valence-corrected chi connectivity index (χ3v) is 6.69. The average molecular weight is 429 g/mol. The van der Waals surface area contributed by atoms with E-state index in [4.69, 9.17) is 9.41 Å². The van der Waals surface area contributed by atoms with Crippen LogP contribution >= 0.6 is 11.8 Å². The van der Waals surface area contributed by atoms with E-state index in [1.165, 1.54) is 4.90 Å². The number of guanidine groups is 1. The number of carbonyl (C=O) groups is 2. The summed E-state index contributed by atoms with van der Waals surface area (Å²) in [7, 11) is 1.69. The molecule has 1 aromatic heterocycles. The highest BCUT2D eigenvalue weighted by Gasteiger charge is 2.49. The molecule has 2 atom stereocenters. The Morgan fingerprint density at radius 3 is 2.83 bits per heavy atom. The molecule has 5 rings (SSSR count). The number of fused-ring (bicyclic) bond motifs is 2. The molecular weight excluding hydrogens is 404 g/mol. The fraction of sp³-hybridized carbons (Fsp3) is 0.500. The fourth-order valence-electron chi connectivity index (χ4n) is 4.24. The number of likely N-dealkylation sites (tertiary alicyclic amines) is 1. The lowest BCUT2D eigenvalue weighted by molar-refractivity contribution is -0.127. The Morgan fingerprint density at radius 1 is 1.23 bits per heavy atom. The number of likely N-dealkylation sites (N-methyl/N-ethyl adjacent to an activating group) is 1. The summed E-state index contributed by atoms with van der Waals surface area (Å²) >= 11 is 1.57. The largest absolute Gasteiger partial charge is 0.431 e. The van der Waals surface area contributed by atoms with Crippen LogP contribution in [-0.4, -0.2) is 82.2 Å². The Hall–Kier alpha value is -2.75. The van der Waals surface area contributed by atoms with Gasteiger partial charge in [0.15, 0.2) is 23.8 Å². The van der Waals surface area contributed by atoms with Crippen molar-refractivity contribution in [3.63, 3.8) is 0 Å². The second-order valence-electron chi connectivity index (χ2n) is 7.73. The molecule has 0 spiro atoms. The number of imide groups is 1. The van der Waals surface area contributed by atoms with Crippen molar-refractivity contribution in [3.05, 3.63) is 24.3 Å². The van der Waals surface area contributed by atoms with Gasteiger partial charge < -0.3 is 19.1 Å². The van der Waals surface area contributed by atoms with Gasteiger partial charge in [0.1, 0.15) is 5.52 Å². The Balaban J connectivity index is 1.27. The van der Waals surface area contributed by atoms with Crippen LogP contribution in [-0.2, 0) is 4.79 Å². The van der Waals surface area contributed by atoms with E-state index in [0.717, 1.165) is 55.2 Å². The Morgan fingerprint density at radius 2 is 2.03 bits per heavy atom. The summed E-state index contributed by atoms with van der Waals surface area (Å²) < 4.78 is 5.77. The van der Waals surface area contributed by atoms with Gasteiger partial charge in [-0.2, -0.15) is 0 Å². The fourth-order valence-corrected chi connectivity index (χ4v) is 5.00. The summed E-state index contributed by atoms with van der Waals surface area (Å²) in [6, 6.07) is 6.86. The maximum atomic E-state index is 12.6. The van der Waals surface area contributed by atoms with E-state index in [-0.39, 0.29) is 11.9 Å². The van der Waals surface area contributed by atoms with Gasteiger partial charge in [0.2, 0.25) is 0 Å². The van der Waals surface area contributed by atoms with E-state index < -0.39 is 12.2 Å². The number of thioether (sulfide) groups is 1. The predicted molar refractivity (Wildman–Crippen MR) is 113 cm³/mol. The number of rotatable bonds is 5. The first-order chi connectivity index (χ1) is 14.6. The van der Waals surface area contributed by atoms with E-state index in [9.17, 15) is 9.59 Å². The Labute approximate surface area is 178 Å². The third-order valence-electron chi connectivity index (χ3n) is 5.77. The minimum absolute atomic E-state index is 0.271. The molecule has 2 fully saturated rings. The average Bonchev–Trinajstić information content (AvgIpc) is 3.47. The molecule has 0 saturated carbocycles. The third kappa shape index (κ3) is 3.38. The number of nitrogens with zero attached hydrogens (tertiary/aromatic N) is 5. The highest BCUT2D eigenvalue weighted by Crippen LogP contribution is 2.28. The van der Waals surface area contributed by atoms with Crippen molar-refractivity contribution in [3.8, 4) is 0 Å². The molecule has 2 saturated heterocycles. The van der Waals surface area contributed by atoms with Gasteiger partial charge >= 0.3 is 6.03 Å². The number of hydrogen-bond acceptors (Lipinski definition) is 8. The van der Waals surface area contributed by atoms with E-state index in [1.54, 1.807) is 18.8 Å². The summed E-state index contributed by atoms with van der Waals surface area (Å²) in [5.74, 6) is 1.38. The molecule has 3 aliphatic heterocycles. The number of carbonyl (C=O) groups excluding carboxylic acids is 2. The van der Waals surface area contributed by atoms with Crippen molar-refractivity contribution >= 4 is 40.8 Å². The van der Waals surface area contributed by atoms with E-state index in [1.807, 2.05) is 24.3 Å². The minimum atomic E-state index is -0.474. The first-order valence-corrected chi connectivity index (χ1v) is 11.3. The lowest BCUT2D eigenvalue weighted by atomic mass is 10.1. The van der Waals surface area contributed by atoms with Gasteiger partial charge in [-0.15, -0.1) is 0 Å². The highest BCUT2D eigenvalue weighted by atomic mass is 32.2. The van der Waals surface area contributed by atoms with Crippen molar-refractivity contribution in [1.82, 2.24) is 25.0 Å². The number of hydrogen-bond donors (Lipinski definition) is 1. The molecule has 2 unspecified atom stereocenters. The lowest BCUT2D eigenvalue weighted by Gasteiger charge is -2.37. The number of nitrogens with one attached hydrogen (secondary N) is 1. The zero-order valence-corrected chi connectivity index (χ0v) is 17.6. The molecule has 2 aromatic rings. The SMILES string of the molecule is CN1C(=O)NC(=O)C2C1N=C(N1CCCC1)N2CCCSc1nc2ccccc2o1. The summed E-state index contributed by atoms with van der Waals surface area (Å²) in [5, 5.41) is 3.11. The van der Waals surface area contributed by atoms with Gasteiger partial charge in [-0.25, -0.2) is 14.8 Å². The summed E-state index contributed by atoms with van der Waals surface area (Å²) in [5.41, 5.74) is 1.65. The predicted octanol–water partition coefficient (Wildman–Crippen LogP) is 1.95. The van der Waals surface area contributed by atoms with Crippen LogP contribution in [0.3, 0.4) is 0 Å². The zero-order chi connectivity index (χ0) is 20.7. The molecule has 0 bridgehead atoms. The van der Waals surface area contributed by atoms with Crippen LogP contribution < -0.4 is 5.32 Å². The molecule has 158 valence electrons. The number of aromatic nitrogens is 1. The Bertz CT molecular complexity index is 968. The number of benzene rings is 1. The second-order valence-corrected chi connectivity index (χ2v) is 8.78. The second kappa shape index (κ2) is 7.82. The summed E-state index contributed by atoms with van der Waals surface area (Å²) in [4.78, 5) is 39.8. The molecule has 0 radical (unpaired) electrons. The summed E-state index contributed by atoms with van der Waals surface area (Å²) in [6.45, 7) is 2.55. The molecular formula is C20H24N6O3S. The van der Waals surface area contributed by atoms with Crippen LogP contribution in [0.2, 0.25) is 0 Å². The quantitative estimate of drug-likeness (QED) is 0.575. The highest BCUT2D eigenvalue weighted by molar-refractivity contribution is 7.99. The molecule has 3 aliphatic rings. The normalized spacial score (nSPS) is 23.9. The molecule has 10 heteroatoms. The minimum Gasteiger partial charge on any atom is -0.431 e. The molecule has 9 nitrogen and oxygen atoms in total. The lowest BCUT2D eigenvalue weighted by Crippen LogP contribution is -2.64. The molecule has 0 aliphatic carbocycles. The van der Waals surface area contributed by atoms with E-state index in [2.05, 4.69) is 20.1 Å². The van der Waals surface area contributed by atoms with Gasteiger partial charge in [0.25, 0.3) is 11.1 Å². The molecule has 30 heavy (non-hydrogen) atoms. The maximum absolute atomic E-state index is 12.6. The number of para-hydroxylation sites is 2.